The second-order valence-corrected chi connectivity index (χ2v) is 5.92. The maximum atomic E-state index is 11.3. The minimum atomic E-state index is -1.14. The zero-order valence-electron chi connectivity index (χ0n) is 11.0. The van der Waals surface area contributed by atoms with Gasteiger partial charge in [-0.2, -0.15) is 0 Å². The maximum Gasteiger partial charge on any atom is 0.421 e. The maximum absolute atomic E-state index is 11.3. The Bertz CT molecular complexity index is 550. The van der Waals surface area contributed by atoms with Crippen molar-refractivity contribution >= 4 is 11.9 Å². The third-order valence-corrected chi connectivity index (χ3v) is 4.69. The van der Waals surface area contributed by atoms with Crippen molar-refractivity contribution in [2.24, 2.45) is 5.41 Å². The number of hydrogen-bond donors (Lipinski definition) is 0. The van der Waals surface area contributed by atoms with Gasteiger partial charge in [0.05, 0.1) is 6.26 Å². The third-order valence-electron chi connectivity index (χ3n) is 4.69. The van der Waals surface area contributed by atoms with E-state index in [1.807, 2.05) is 17.0 Å². The molecule has 1 spiro atoms. The first-order valence-electron chi connectivity index (χ1n) is 6.85. The Labute approximate surface area is 115 Å². The lowest BCUT2D eigenvalue weighted by molar-refractivity contribution is -0.262. The lowest BCUT2D eigenvalue weighted by atomic mass is 9.76. The molecule has 6 heteroatoms. The van der Waals surface area contributed by atoms with Crippen LogP contribution in [-0.4, -0.2) is 35.8 Å². The Morgan fingerprint density at radius 1 is 1.15 bits per heavy atom. The molecule has 0 saturated carbocycles. The third kappa shape index (κ3) is 1.61. The Morgan fingerprint density at radius 2 is 1.95 bits per heavy atom. The van der Waals surface area contributed by atoms with Crippen molar-refractivity contribution in [1.29, 1.82) is 0 Å². The number of piperidine rings is 1. The van der Waals surface area contributed by atoms with Crippen LogP contribution in [0.4, 0.5) is 0 Å². The standard InChI is InChI=1S/C14H15NO5/c16-11-12(17)20-14(19-11)4-3-13(5-6-15(14)9-13)8-10-2-1-7-18-10/h1-2,7H,3-6,8-9H2. The van der Waals surface area contributed by atoms with E-state index in [1.165, 1.54) is 0 Å². The van der Waals surface area contributed by atoms with Crippen LogP contribution in [0, 0.1) is 5.41 Å². The second-order valence-electron chi connectivity index (χ2n) is 5.92. The SMILES string of the molecule is O=C1OC2(CCC3(Cc4ccco4)CCN2C3)OC1=O. The summed E-state index contributed by atoms with van der Waals surface area (Å²) in [5, 5.41) is 0. The van der Waals surface area contributed by atoms with E-state index in [-0.39, 0.29) is 5.41 Å². The van der Waals surface area contributed by atoms with E-state index >= 15 is 0 Å². The van der Waals surface area contributed by atoms with Gasteiger partial charge >= 0.3 is 17.8 Å². The molecule has 2 bridgehead atoms. The lowest BCUT2D eigenvalue weighted by Crippen LogP contribution is -2.53. The van der Waals surface area contributed by atoms with Gasteiger partial charge in [0.25, 0.3) is 0 Å². The first-order chi connectivity index (χ1) is 9.61. The highest BCUT2D eigenvalue weighted by atomic mass is 16.8. The predicted octanol–water partition coefficient (Wildman–Crippen LogP) is 1.06. The van der Waals surface area contributed by atoms with Crippen LogP contribution < -0.4 is 0 Å². The van der Waals surface area contributed by atoms with Crippen LogP contribution in [0.15, 0.2) is 22.8 Å². The van der Waals surface area contributed by atoms with Crippen LogP contribution >= 0.6 is 0 Å². The minimum Gasteiger partial charge on any atom is -0.469 e. The van der Waals surface area contributed by atoms with Crippen LogP contribution in [0.1, 0.15) is 25.0 Å². The highest BCUT2D eigenvalue weighted by Crippen LogP contribution is 2.50. The number of fused-ring (bicyclic) bond motifs is 3. The summed E-state index contributed by atoms with van der Waals surface area (Å²) in [6.07, 6.45) is 4.93. The van der Waals surface area contributed by atoms with Crippen molar-refractivity contribution in [2.75, 3.05) is 13.1 Å². The Morgan fingerprint density at radius 3 is 2.65 bits per heavy atom. The van der Waals surface area contributed by atoms with Crippen LogP contribution in [0.2, 0.25) is 0 Å². The molecule has 106 valence electrons. The van der Waals surface area contributed by atoms with Crippen molar-refractivity contribution in [2.45, 2.75) is 31.6 Å². The topological polar surface area (TPSA) is 69.0 Å². The van der Waals surface area contributed by atoms with E-state index in [0.717, 1.165) is 38.1 Å². The summed E-state index contributed by atoms with van der Waals surface area (Å²) in [6, 6.07) is 3.88. The molecule has 0 aromatic carbocycles. The number of rotatable bonds is 2. The van der Waals surface area contributed by atoms with Gasteiger partial charge in [0.2, 0.25) is 0 Å². The van der Waals surface area contributed by atoms with Gasteiger partial charge in [0, 0.05) is 25.9 Å². The zero-order chi connectivity index (χ0) is 13.8. The van der Waals surface area contributed by atoms with Crippen molar-refractivity contribution in [3.63, 3.8) is 0 Å². The molecule has 4 heterocycles. The van der Waals surface area contributed by atoms with E-state index in [2.05, 4.69) is 0 Å². The summed E-state index contributed by atoms with van der Waals surface area (Å²) in [4.78, 5) is 24.6. The number of ether oxygens (including phenoxy) is 2. The van der Waals surface area contributed by atoms with Crippen molar-refractivity contribution in [3.05, 3.63) is 24.2 Å². The number of hydrogen-bond acceptors (Lipinski definition) is 6. The van der Waals surface area contributed by atoms with Crippen LogP contribution in [0.25, 0.3) is 0 Å². The lowest BCUT2D eigenvalue weighted by Gasteiger charge is -2.42. The van der Waals surface area contributed by atoms with Crippen molar-refractivity contribution in [1.82, 2.24) is 4.90 Å². The summed E-state index contributed by atoms with van der Waals surface area (Å²) in [5.41, 5.74) is 0.129. The van der Waals surface area contributed by atoms with Crippen LogP contribution in [0.3, 0.4) is 0 Å². The van der Waals surface area contributed by atoms with Crippen LogP contribution in [-0.2, 0) is 25.5 Å². The smallest absolute Gasteiger partial charge is 0.421 e. The molecule has 1 aromatic heterocycles. The summed E-state index contributed by atoms with van der Waals surface area (Å²) in [7, 11) is 0. The molecule has 2 atom stereocenters. The largest absolute Gasteiger partial charge is 0.469 e. The monoisotopic (exact) mass is 277 g/mol. The molecule has 0 radical (unpaired) electrons. The summed E-state index contributed by atoms with van der Waals surface area (Å²) in [6.45, 7) is 1.52. The average molecular weight is 277 g/mol. The van der Waals surface area contributed by atoms with Gasteiger partial charge in [-0.25, -0.2) is 14.5 Å². The zero-order valence-corrected chi connectivity index (χ0v) is 11.0. The van der Waals surface area contributed by atoms with Gasteiger partial charge in [-0.05, 0) is 30.4 Å². The fraction of sp³-hybridized carbons (Fsp3) is 0.571. The van der Waals surface area contributed by atoms with Gasteiger partial charge in [-0.1, -0.05) is 0 Å². The van der Waals surface area contributed by atoms with E-state index < -0.39 is 17.8 Å². The predicted molar refractivity (Wildman–Crippen MR) is 65.2 cm³/mol. The molecule has 1 aromatic rings. The second kappa shape index (κ2) is 3.85. The van der Waals surface area contributed by atoms with Gasteiger partial charge < -0.3 is 13.9 Å². The molecule has 2 unspecified atom stereocenters. The number of esters is 2. The van der Waals surface area contributed by atoms with Crippen molar-refractivity contribution < 1.29 is 23.5 Å². The normalized spacial score (nSPS) is 34.3. The molecule has 4 rings (SSSR count). The molecule has 0 aliphatic carbocycles. The first-order valence-corrected chi connectivity index (χ1v) is 6.85. The fourth-order valence-electron chi connectivity index (χ4n) is 3.65. The molecular weight excluding hydrogens is 262 g/mol. The average Bonchev–Trinajstić information content (AvgIpc) is 3.09. The van der Waals surface area contributed by atoms with Gasteiger partial charge in [0.15, 0.2) is 0 Å². The van der Waals surface area contributed by atoms with E-state index in [9.17, 15) is 9.59 Å². The Hall–Kier alpha value is -1.82. The van der Waals surface area contributed by atoms with Gasteiger partial charge in [0.1, 0.15) is 5.76 Å². The number of carbonyl (C=O) groups excluding carboxylic acids is 2. The molecule has 3 saturated heterocycles. The molecular formula is C14H15NO5. The molecule has 3 aliphatic heterocycles. The highest BCUT2D eigenvalue weighted by Gasteiger charge is 2.61. The van der Waals surface area contributed by atoms with E-state index in [1.54, 1.807) is 6.26 Å². The van der Waals surface area contributed by atoms with Crippen LogP contribution in [0.5, 0.6) is 0 Å². The number of carbonyl (C=O) groups is 2. The summed E-state index contributed by atoms with van der Waals surface area (Å²) in [5.74, 6) is -1.92. The molecule has 20 heavy (non-hydrogen) atoms. The number of nitrogens with zero attached hydrogens (tertiary/aromatic N) is 1. The Balaban J connectivity index is 1.55. The number of furan rings is 1. The van der Waals surface area contributed by atoms with Gasteiger partial charge in [-0.3, -0.25) is 0 Å². The fourth-order valence-corrected chi connectivity index (χ4v) is 3.65. The van der Waals surface area contributed by atoms with Crippen molar-refractivity contribution in [3.8, 4) is 0 Å². The molecule has 3 aliphatic rings. The summed E-state index contributed by atoms with van der Waals surface area (Å²) < 4.78 is 15.9. The Kier molecular flexibility index (Phi) is 2.30. The first kappa shape index (κ1) is 12.0. The van der Waals surface area contributed by atoms with Gasteiger partial charge in [-0.15, -0.1) is 0 Å². The highest BCUT2D eigenvalue weighted by molar-refractivity contribution is 6.31. The molecule has 0 N–H and O–H groups in total. The minimum absolute atomic E-state index is 0.129. The quantitative estimate of drug-likeness (QED) is 0.595. The van der Waals surface area contributed by atoms with E-state index in [4.69, 9.17) is 13.9 Å². The summed E-state index contributed by atoms with van der Waals surface area (Å²) >= 11 is 0. The molecule has 6 nitrogen and oxygen atoms in total. The van der Waals surface area contributed by atoms with E-state index in [0.29, 0.717) is 6.42 Å². The molecule has 3 fully saturated rings. The molecule has 0 amide bonds.